The number of likely N-dealkylation sites (tertiary alicyclic amines) is 1. The maximum absolute atomic E-state index is 5.77. The molecule has 7 nitrogen and oxygen atoms in total. The molecular weight excluding hydrogens is 368 g/mol. The predicted octanol–water partition coefficient (Wildman–Crippen LogP) is 1.97. The lowest BCUT2D eigenvalue weighted by Gasteiger charge is -2.47. The SMILES string of the molecule is CCNC(=NCC1(N2CCOCC2)CCCCC1)N1CCC(COCCOC)C1. The van der Waals surface area contributed by atoms with Crippen LogP contribution < -0.4 is 5.32 Å². The first kappa shape index (κ1) is 22.8. The molecule has 1 unspecified atom stereocenters. The summed E-state index contributed by atoms with van der Waals surface area (Å²) in [6.07, 6.45) is 7.73. The van der Waals surface area contributed by atoms with E-state index in [2.05, 4.69) is 22.0 Å². The highest BCUT2D eigenvalue weighted by atomic mass is 16.5. The van der Waals surface area contributed by atoms with Crippen LogP contribution in [0.3, 0.4) is 0 Å². The minimum Gasteiger partial charge on any atom is -0.382 e. The number of hydrogen-bond acceptors (Lipinski definition) is 5. The van der Waals surface area contributed by atoms with Crippen molar-refractivity contribution < 1.29 is 14.2 Å². The maximum atomic E-state index is 5.77. The lowest BCUT2D eigenvalue weighted by molar-refractivity contribution is -0.0334. The van der Waals surface area contributed by atoms with Crippen molar-refractivity contribution in [2.24, 2.45) is 10.9 Å². The quantitative estimate of drug-likeness (QED) is 0.356. The van der Waals surface area contributed by atoms with E-state index in [4.69, 9.17) is 19.2 Å². The first-order chi connectivity index (χ1) is 14.3. The molecule has 29 heavy (non-hydrogen) atoms. The molecule has 3 rings (SSSR count). The Labute approximate surface area is 177 Å². The molecule has 0 spiro atoms. The normalized spacial score (nSPS) is 26.1. The van der Waals surface area contributed by atoms with Crippen molar-refractivity contribution in [1.82, 2.24) is 15.1 Å². The average molecular weight is 411 g/mol. The van der Waals surface area contributed by atoms with Crippen LogP contribution in [0.15, 0.2) is 4.99 Å². The minimum absolute atomic E-state index is 0.227. The second-order valence-electron chi connectivity index (χ2n) is 8.72. The number of ether oxygens (including phenoxy) is 3. The van der Waals surface area contributed by atoms with Gasteiger partial charge in [0.05, 0.1) is 39.6 Å². The highest BCUT2D eigenvalue weighted by Crippen LogP contribution is 2.34. The topological polar surface area (TPSA) is 58.6 Å². The second kappa shape index (κ2) is 12.1. The van der Waals surface area contributed by atoms with Crippen LogP contribution in [-0.2, 0) is 14.2 Å². The number of aliphatic imine (C=N–C) groups is 1. The number of guanidine groups is 1. The molecule has 2 saturated heterocycles. The van der Waals surface area contributed by atoms with Gasteiger partial charge in [0, 0.05) is 51.3 Å². The Balaban J connectivity index is 1.59. The number of nitrogens with zero attached hydrogens (tertiary/aromatic N) is 3. The number of hydrogen-bond donors (Lipinski definition) is 1. The third-order valence-electron chi connectivity index (χ3n) is 6.69. The highest BCUT2D eigenvalue weighted by Gasteiger charge is 2.39. The molecule has 1 N–H and O–H groups in total. The third kappa shape index (κ3) is 6.54. The predicted molar refractivity (Wildman–Crippen MR) is 117 cm³/mol. The van der Waals surface area contributed by atoms with E-state index in [1.54, 1.807) is 7.11 Å². The fourth-order valence-corrected chi connectivity index (χ4v) is 5.02. The zero-order valence-electron chi connectivity index (χ0n) is 18.7. The molecule has 0 amide bonds. The summed E-state index contributed by atoms with van der Waals surface area (Å²) in [5.41, 5.74) is 0.227. The Kier molecular flexibility index (Phi) is 9.49. The molecule has 1 atom stereocenters. The molecule has 1 aliphatic carbocycles. The van der Waals surface area contributed by atoms with Crippen LogP contribution >= 0.6 is 0 Å². The largest absolute Gasteiger partial charge is 0.382 e. The van der Waals surface area contributed by atoms with Crippen molar-refractivity contribution in [1.29, 1.82) is 0 Å². The van der Waals surface area contributed by atoms with Gasteiger partial charge in [-0.1, -0.05) is 19.3 Å². The Morgan fingerprint density at radius 1 is 1.14 bits per heavy atom. The van der Waals surface area contributed by atoms with E-state index in [0.717, 1.165) is 65.0 Å². The summed E-state index contributed by atoms with van der Waals surface area (Å²) in [5.74, 6) is 1.67. The van der Waals surface area contributed by atoms with Crippen molar-refractivity contribution in [3.63, 3.8) is 0 Å². The summed E-state index contributed by atoms with van der Waals surface area (Å²) in [4.78, 5) is 10.3. The Morgan fingerprint density at radius 2 is 1.93 bits per heavy atom. The number of morpholine rings is 1. The summed E-state index contributed by atoms with van der Waals surface area (Å²) in [6, 6.07) is 0. The van der Waals surface area contributed by atoms with Gasteiger partial charge >= 0.3 is 0 Å². The van der Waals surface area contributed by atoms with Gasteiger partial charge in [-0.15, -0.1) is 0 Å². The molecule has 2 aliphatic heterocycles. The molecule has 0 aromatic heterocycles. The molecule has 7 heteroatoms. The van der Waals surface area contributed by atoms with Crippen LogP contribution in [0.25, 0.3) is 0 Å². The number of methoxy groups -OCH3 is 1. The summed E-state index contributed by atoms with van der Waals surface area (Å²) < 4.78 is 16.5. The van der Waals surface area contributed by atoms with Crippen molar-refractivity contribution in [2.75, 3.05) is 79.4 Å². The zero-order chi connectivity index (χ0) is 20.4. The van der Waals surface area contributed by atoms with Gasteiger partial charge in [0.25, 0.3) is 0 Å². The second-order valence-corrected chi connectivity index (χ2v) is 8.72. The van der Waals surface area contributed by atoms with Gasteiger partial charge in [-0.2, -0.15) is 0 Å². The number of nitrogens with one attached hydrogen (secondary N) is 1. The molecule has 2 heterocycles. The van der Waals surface area contributed by atoms with Crippen LogP contribution in [0.5, 0.6) is 0 Å². The lowest BCUT2D eigenvalue weighted by Crippen LogP contribution is -2.56. The summed E-state index contributed by atoms with van der Waals surface area (Å²) in [5, 5.41) is 3.55. The number of rotatable bonds is 9. The molecule has 0 bridgehead atoms. The van der Waals surface area contributed by atoms with Crippen LogP contribution in [0.2, 0.25) is 0 Å². The van der Waals surface area contributed by atoms with Crippen molar-refractivity contribution in [3.05, 3.63) is 0 Å². The third-order valence-corrected chi connectivity index (χ3v) is 6.69. The lowest BCUT2D eigenvalue weighted by atomic mass is 9.80. The molecule has 0 aromatic carbocycles. The van der Waals surface area contributed by atoms with E-state index in [9.17, 15) is 0 Å². The first-order valence-corrected chi connectivity index (χ1v) is 11.7. The fraction of sp³-hybridized carbons (Fsp3) is 0.955. The van der Waals surface area contributed by atoms with Crippen molar-refractivity contribution >= 4 is 5.96 Å². The van der Waals surface area contributed by atoms with Crippen molar-refractivity contribution in [2.45, 2.75) is 51.0 Å². The van der Waals surface area contributed by atoms with Gasteiger partial charge in [-0.3, -0.25) is 9.89 Å². The Hall–Kier alpha value is -0.890. The summed E-state index contributed by atoms with van der Waals surface area (Å²) >= 11 is 0. The van der Waals surface area contributed by atoms with Crippen molar-refractivity contribution in [3.8, 4) is 0 Å². The van der Waals surface area contributed by atoms with Gasteiger partial charge in [0.1, 0.15) is 0 Å². The monoisotopic (exact) mass is 410 g/mol. The van der Waals surface area contributed by atoms with Crippen LogP contribution in [0.4, 0.5) is 0 Å². The van der Waals surface area contributed by atoms with Gasteiger partial charge in [0.15, 0.2) is 5.96 Å². The summed E-state index contributed by atoms with van der Waals surface area (Å²) in [7, 11) is 1.72. The van der Waals surface area contributed by atoms with Gasteiger partial charge in [-0.25, -0.2) is 0 Å². The van der Waals surface area contributed by atoms with Crippen LogP contribution in [0, 0.1) is 5.92 Å². The van der Waals surface area contributed by atoms with Gasteiger partial charge in [-0.05, 0) is 26.2 Å². The molecule has 0 aromatic rings. The zero-order valence-corrected chi connectivity index (χ0v) is 18.7. The van der Waals surface area contributed by atoms with Gasteiger partial charge < -0.3 is 24.4 Å². The van der Waals surface area contributed by atoms with E-state index in [1.165, 1.54) is 38.5 Å². The minimum atomic E-state index is 0.227. The maximum Gasteiger partial charge on any atom is 0.193 e. The molecule has 0 radical (unpaired) electrons. The van der Waals surface area contributed by atoms with Gasteiger partial charge in [0.2, 0.25) is 0 Å². The molecule has 1 saturated carbocycles. The standard InChI is InChI=1S/C22H42N4O3/c1-3-23-21(25-10-7-20(17-25)18-29-16-15-27-2)24-19-22(8-5-4-6-9-22)26-11-13-28-14-12-26/h20H,3-19H2,1-2H3,(H,23,24). The molecule has 3 aliphatic rings. The summed E-state index contributed by atoms with van der Waals surface area (Å²) in [6.45, 7) is 12.1. The molecular formula is C22H42N4O3. The van der Waals surface area contributed by atoms with E-state index < -0.39 is 0 Å². The van der Waals surface area contributed by atoms with Crippen LogP contribution in [0.1, 0.15) is 45.4 Å². The van der Waals surface area contributed by atoms with E-state index >= 15 is 0 Å². The fourth-order valence-electron chi connectivity index (χ4n) is 5.02. The molecule has 3 fully saturated rings. The van der Waals surface area contributed by atoms with E-state index in [-0.39, 0.29) is 5.54 Å². The van der Waals surface area contributed by atoms with Crippen LogP contribution in [-0.4, -0.2) is 101 Å². The average Bonchev–Trinajstić information content (AvgIpc) is 3.24. The van der Waals surface area contributed by atoms with E-state index in [0.29, 0.717) is 19.1 Å². The Morgan fingerprint density at radius 3 is 2.66 bits per heavy atom. The Bertz CT molecular complexity index is 490. The smallest absolute Gasteiger partial charge is 0.193 e. The first-order valence-electron chi connectivity index (χ1n) is 11.7. The van der Waals surface area contributed by atoms with E-state index in [1.807, 2.05) is 0 Å². The molecule has 168 valence electrons. The highest BCUT2D eigenvalue weighted by molar-refractivity contribution is 5.80.